The third kappa shape index (κ3) is 5.92. The lowest BCUT2D eigenvalue weighted by Crippen LogP contribution is -3.11. The second-order valence-electron chi connectivity index (χ2n) is 6.19. The molecule has 0 fully saturated rings. The molecule has 4 nitrogen and oxygen atoms in total. The SMILES string of the molecule is CC[NH+](CC(=O)Nc1ccc(Cl)cc1Cl)Cc1ccc(N(C)C)cc1. The van der Waals surface area contributed by atoms with Gasteiger partial charge in [0.05, 0.1) is 17.3 Å². The van der Waals surface area contributed by atoms with Crippen molar-refractivity contribution in [3.05, 3.63) is 58.1 Å². The molecule has 0 spiro atoms. The third-order valence-electron chi connectivity index (χ3n) is 4.02. The number of nitrogens with one attached hydrogen (secondary N) is 2. The number of nitrogens with zero attached hydrogens (tertiary/aromatic N) is 1. The summed E-state index contributed by atoms with van der Waals surface area (Å²) >= 11 is 12.0. The van der Waals surface area contributed by atoms with E-state index in [1.165, 1.54) is 10.5 Å². The van der Waals surface area contributed by atoms with Crippen molar-refractivity contribution in [2.45, 2.75) is 13.5 Å². The fourth-order valence-electron chi connectivity index (χ4n) is 2.53. The first-order valence-electron chi connectivity index (χ1n) is 8.23. The summed E-state index contributed by atoms with van der Waals surface area (Å²) in [5.74, 6) is -0.0639. The van der Waals surface area contributed by atoms with Gasteiger partial charge in [0.25, 0.3) is 5.91 Å². The first-order chi connectivity index (χ1) is 11.9. The van der Waals surface area contributed by atoms with Crippen LogP contribution in [0.2, 0.25) is 10.0 Å². The number of rotatable bonds is 7. The molecule has 134 valence electrons. The molecular formula is C19H24Cl2N3O+. The van der Waals surface area contributed by atoms with Crippen LogP contribution >= 0.6 is 23.2 Å². The Balaban J connectivity index is 1.95. The average Bonchev–Trinajstić information content (AvgIpc) is 2.57. The van der Waals surface area contributed by atoms with Crippen LogP contribution in [0.5, 0.6) is 0 Å². The van der Waals surface area contributed by atoms with Gasteiger partial charge in [0.15, 0.2) is 6.54 Å². The summed E-state index contributed by atoms with van der Waals surface area (Å²) in [7, 11) is 4.04. The van der Waals surface area contributed by atoms with Crippen LogP contribution in [0.25, 0.3) is 0 Å². The lowest BCUT2D eigenvalue weighted by Gasteiger charge is -2.18. The first-order valence-corrected chi connectivity index (χ1v) is 8.99. The van der Waals surface area contributed by atoms with E-state index >= 15 is 0 Å². The summed E-state index contributed by atoms with van der Waals surface area (Å²) in [4.78, 5) is 15.6. The molecule has 1 unspecified atom stereocenters. The van der Waals surface area contributed by atoms with E-state index in [1.807, 2.05) is 14.1 Å². The minimum atomic E-state index is -0.0639. The second kappa shape index (κ2) is 9.09. The second-order valence-corrected chi connectivity index (χ2v) is 7.03. The van der Waals surface area contributed by atoms with Crippen LogP contribution in [-0.2, 0) is 11.3 Å². The minimum Gasteiger partial charge on any atom is -0.378 e. The lowest BCUT2D eigenvalue weighted by atomic mass is 10.2. The number of halogens is 2. The summed E-state index contributed by atoms with van der Waals surface area (Å²) in [6.45, 7) is 4.11. The van der Waals surface area contributed by atoms with Crippen LogP contribution in [0, 0.1) is 0 Å². The molecule has 6 heteroatoms. The molecule has 2 aromatic rings. The maximum Gasteiger partial charge on any atom is 0.279 e. The fraction of sp³-hybridized carbons (Fsp3) is 0.316. The molecule has 2 N–H and O–H groups in total. The molecule has 25 heavy (non-hydrogen) atoms. The zero-order chi connectivity index (χ0) is 18.4. The predicted octanol–water partition coefficient (Wildman–Crippen LogP) is 3.10. The highest BCUT2D eigenvalue weighted by Gasteiger charge is 2.14. The highest BCUT2D eigenvalue weighted by atomic mass is 35.5. The summed E-state index contributed by atoms with van der Waals surface area (Å²) in [6, 6.07) is 13.5. The summed E-state index contributed by atoms with van der Waals surface area (Å²) < 4.78 is 0. The van der Waals surface area contributed by atoms with Gasteiger partial charge in [-0.1, -0.05) is 35.3 Å². The smallest absolute Gasteiger partial charge is 0.279 e. The van der Waals surface area contributed by atoms with Gasteiger partial charge in [-0.15, -0.1) is 0 Å². The van der Waals surface area contributed by atoms with Gasteiger partial charge in [-0.25, -0.2) is 0 Å². The van der Waals surface area contributed by atoms with Crippen LogP contribution < -0.4 is 15.1 Å². The van der Waals surface area contributed by atoms with E-state index in [1.54, 1.807) is 18.2 Å². The van der Waals surface area contributed by atoms with Crippen molar-refractivity contribution in [3.63, 3.8) is 0 Å². The molecule has 0 aliphatic heterocycles. The monoisotopic (exact) mass is 380 g/mol. The lowest BCUT2D eigenvalue weighted by molar-refractivity contribution is -0.903. The van der Waals surface area contributed by atoms with Crippen molar-refractivity contribution in [2.24, 2.45) is 0 Å². The van der Waals surface area contributed by atoms with Crippen molar-refractivity contribution < 1.29 is 9.69 Å². The van der Waals surface area contributed by atoms with Crippen molar-refractivity contribution in [1.82, 2.24) is 0 Å². The third-order valence-corrected chi connectivity index (χ3v) is 4.57. The molecule has 1 atom stereocenters. The van der Waals surface area contributed by atoms with Crippen LogP contribution in [-0.4, -0.2) is 33.1 Å². The Bertz CT molecular complexity index is 717. The fourth-order valence-corrected chi connectivity index (χ4v) is 2.98. The molecule has 0 heterocycles. The Kier molecular flexibility index (Phi) is 7.12. The molecule has 0 aliphatic rings. The largest absolute Gasteiger partial charge is 0.378 e. The van der Waals surface area contributed by atoms with Gasteiger partial charge < -0.3 is 15.1 Å². The Hall–Kier alpha value is -1.75. The van der Waals surface area contributed by atoms with Crippen LogP contribution in [0.1, 0.15) is 12.5 Å². The van der Waals surface area contributed by atoms with E-state index in [2.05, 4.69) is 41.4 Å². The maximum atomic E-state index is 12.3. The molecule has 0 saturated carbocycles. The molecule has 0 aromatic heterocycles. The summed E-state index contributed by atoms with van der Waals surface area (Å²) in [5.41, 5.74) is 2.96. The number of hydrogen-bond acceptors (Lipinski definition) is 2. The quantitative estimate of drug-likeness (QED) is 0.774. The van der Waals surface area contributed by atoms with E-state index < -0.39 is 0 Å². The molecule has 2 aromatic carbocycles. The number of amides is 1. The predicted molar refractivity (Wildman–Crippen MR) is 106 cm³/mol. The number of likely N-dealkylation sites (N-methyl/N-ethyl adjacent to an activating group) is 1. The summed E-state index contributed by atoms with van der Waals surface area (Å²) in [5, 5.41) is 3.84. The van der Waals surface area contributed by atoms with E-state index in [-0.39, 0.29) is 5.91 Å². The van der Waals surface area contributed by atoms with Crippen molar-refractivity contribution in [3.8, 4) is 0 Å². The van der Waals surface area contributed by atoms with Crippen LogP contribution in [0.15, 0.2) is 42.5 Å². The van der Waals surface area contributed by atoms with Gasteiger partial charge in [-0.05, 0) is 37.3 Å². The minimum absolute atomic E-state index is 0.0639. The van der Waals surface area contributed by atoms with Crippen molar-refractivity contribution in [1.29, 1.82) is 0 Å². The Morgan fingerprint density at radius 3 is 2.36 bits per heavy atom. The molecule has 2 rings (SSSR count). The zero-order valence-electron chi connectivity index (χ0n) is 14.8. The Morgan fingerprint density at radius 2 is 1.80 bits per heavy atom. The molecule has 0 saturated heterocycles. The van der Waals surface area contributed by atoms with Gasteiger partial charge in [0.1, 0.15) is 6.54 Å². The first kappa shape index (κ1) is 19.6. The molecule has 0 aliphatic carbocycles. The summed E-state index contributed by atoms with van der Waals surface area (Å²) in [6.07, 6.45) is 0. The highest BCUT2D eigenvalue weighted by molar-refractivity contribution is 6.36. The zero-order valence-corrected chi connectivity index (χ0v) is 16.3. The maximum absolute atomic E-state index is 12.3. The van der Waals surface area contributed by atoms with Gasteiger partial charge in [0.2, 0.25) is 0 Å². The van der Waals surface area contributed by atoms with E-state index in [0.717, 1.165) is 18.8 Å². The van der Waals surface area contributed by atoms with Gasteiger partial charge in [-0.3, -0.25) is 4.79 Å². The topological polar surface area (TPSA) is 36.8 Å². The molecular weight excluding hydrogens is 357 g/mol. The Morgan fingerprint density at radius 1 is 1.12 bits per heavy atom. The number of carbonyl (C=O) groups is 1. The normalized spacial score (nSPS) is 11.9. The van der Waals surface area contributed by atoms with Gasteiger partial charge >= 0.3 is 0 Å². The Labute approximate surface area is 159 Å². The molecule has 0 radical (unpaired) electrons. The van der Waals surface area contributed by atoms with Crippen LogP contribution in [0.3, 0.4) is 0 Å². The van der Waals surface area contributed by atoms with Gasteiger partial charge in [-0.2, -0.15) is 0 Å². The van der Waals surface area contributed by atoms with Gasteiger partial charge in [0, 0.05) is 30.4 Å². The number of carbonyl (C=O) groups excluding carboxylic acids is 1. The van der Waals surface area contributed by atoms with Crippen molar-refractivity contribution in [2.75, 3.05) is 37.4 Å². The van der Waals surface area contributed by atoms with Crippen LogP contribution in [0.4, 0.5) is 11.4 Å². The van der Waals surface area contributed by atoms with E-state index in [4.69, 9.17) is 23.2 Å². The number of quaternary nitrogens is 1. The highest BCUT2D eigenvalue weighted by Crippen LogP contribution is 2.25. The molecule has 1 amide bonds. The van der Waals surface area contributed by atoms with E-state index in [9.17, 15) is 4.79 Å². The number of anilines is 2. The van der Waals surface area contributed by atoms with E-state index in [0.29, 0.717) is 22.3 Å². The van der Waals surface area contributed by atoms with Crippen molar-refractivity contribution >= 4 is 40.5 Å². The standard InChI is InChI=1S/C19H23Cl2N3O/c1-4-24(12-14-5-8-16(9-6-14)23(2)3)13-19(25)22-18-10-7-15(20)11-17(18)21/h5-11H,4,12-13H2,1-3H3,(H,22,25)/p+1. The number of benzene rings is 2. The molecule has 0 bridgehead atoms. The number of hydrogen-bond donors (Lipinski definition) is 2. The average molecular weight is 381 g/mol.